The minimum atomic E-state index is -1.54. The largest absolute Gasteiger partial charge is 0.507 e. The van der Waals surface area contributed by atoms with E-state index in [1.165, 1.54) is 6.92 Å². The van der Waals surface area contributed by atoms with E-state index in [0.717, 1.165) is 0 Å². The fourth-order valence-electron chi connectivity index (χ4n) is 3.77. The fourth-order valence-corrected chi connectivity index (χ4v) is 3.77. The van der Waals surface area contributed by atoms with Crippen LogP contribution in [-0.2, 0) is 17.6 Å². The van der Waals surface area contributed by atoms with Gasteiger partial charge in [-0.3, -0.25) is 14.4 Å². The van der Waals surface area contributed by atoms with E-state index in [-0.39, 0.29) is 46.8 Å². The van der Waals surface area contributed by atoms with E-state index >= 15 is 0 Å². The molecule has 1 atom stereocenters. The molecule has 0 bridgehead atoms. The Morgan fingerprint density at radius 3 is 2.36 bits per heavy atom. The highest BCUT2D eigenvalue weighted by atomic mass is 16.3. The van der Waals surface area contributed by atoms with Crippen LogP contribution in [0.2, 0.25) is 0 Å². The van der Waals surface area contributed by atoms with Crippen LogP contribution < -0.4 is 0 Å². The maximum Gasteiger partial charge on any atom is 0.198 e. The maximum absolute atomic E-state index is 12.8. The number of carbonyl (C=O) groups is 3. The van der Waals surface area contributed by atoms with E-state index in [2.05, 4.69) is 0 Å². The summed E-state index contributed by atoms with van der Waals surface area (Å²) >= 11 is 0. The van der Waals surface area contributed by atoms with Gasteiger partial charge in [-0.2, -0.15) is 0 Å². The summed E-state index contributed by atoms with van der Waals surface area (Å²) in [5.41, 5.74) is 0.274. The number of hydrogen-bond donors (Lipinski definition) is 2. The number of fused-ring (bicyclic) bond motifs is 3. The van der Waals surface area contributed by atoms with Crippen LogP contribution in [0.1, 0.15) is 56.3 Å². The number of phenols is 1. The van der Waals surface area contributed by atoms with Crippen molar-refractivity contribution in [2.24, 2.45) is 0 Å². The normalized spacial score (nSPS) is 21.4. The van der Waals surface area contributed by atoms with Crippen molar-refractivity contribution in [3.05, 3.63) is 63.7 Å². The number of benzene rings is 2. The first kappa shape index (κ1) is 15.7. The van der Waals surface area contributed by atoms with Gasteiger partial charge in [-0.15, -0.1) is 0 Å². The lowest BCUT2D eigenvalue weighted by molar-refractivity contribution is -0.136. The second-order valence-electron chi connectivity index (χ2n) is 6.75. The number of aliphatic hydroxyl groups is 1. The van der Waals surface area contributed by atoms with Gasteiger partial charge in [-0.25, -0.2) is 0 Å². The standard InChI is InChI=1S/C20H16O5/c1-10(21)20(25)7-6-11-8-14-16(19(24)15(11)9-20)18(23)13-5-3-2-4-12(13)17(14)22/h2-5,8,24-25H,6-7,9H2,1H3. The van der Waals surface area contributed by atoms with Crippen molar-refractivity contribution in [3.63, 3.8) is 0 Å². The number of aryl methyl sites for hydroxylation is 1. The van der Waals surface area contributed by atoms with Gasteiger partial charge in [0.25, 0.3) is 0 Å². The van der Waals surface area contributed by atoms with E-state index in [9.17, 15) is 24.6 Å². The Labute approximate surface area is 143 Å². The van der Waals surface area contributed by atoms with Crippen molar-refractivity contribution >= 4 is 17.3 Å². The van der Waals surface area contributed by atoms with Crippen LogP contribution in [0.4, 0.5) is 0 Å². The lowest BCUT2D eigenvalue weighted by Gasteiger charge is -2.33. The number of aromatic hydroxyl groups is 1. The van der Waals surface area contributed by atoms with Gasteiger partial charge in [0.1, 0.15) is 11.4 Å². The Kier molecular flexibility index (Phi) is 3.21. The van der Waals surface area contributed by atoms with Gasteiger partial charge in [0.15, 0.2) is 17.3 Å². The zero-order valence-corrected chi connectivity index (χ0v) is 13.6. The Morgan fingerprint density at radius 2 is 1.72 bits per heavy atom. The lowest BCUT2D eigenvalue weighted by atomic mass is 9.74. The minimum Gasteiger partial charge on any atom is -0.507 e. The van der Waals surface area contributed by atoms with Crippen molar-refractivity contribution in [2.75, 3.05) is 0 Å². The van der Waals surface area contributed by atoms with Crippen molar-refractivity contribution in [3.8, 4) is 5.75 Å². The van der Waals surface area contributed by atoms with Crippen LogP contribution in [0.25, 0.3) is 0 Å². The topological polar surface area (TPSA) is 91.7 Å². The van der Waals surface area contributed by atoms with E-state index in [1.807, 2.05) is 0 Å². The third kappa shape index (κ3) is 2.09. The monoisotopic (exact) mass is 336 g/mol. The zero-order valence-electron chi connectivity index (χ0n) is 13.6. The van der Waals surface area contributed by atoms with Crippen LogP contribution in [0, 0.1) is 0 Å². The molecule has 2 aliphatic carbocycles. The summed E-state index contributed by atoms with van der Waals surface area (Å²) in [7, 11) is 0. The second-order valence-corrected chi connectivity index (χ2v) is 6.75. The molecule has 2 aliphatic rings. The van der Waals surface area contributed by atoms with Gasteiger partial charge >= 0.3 is 0 Å². The Hall–Kier alpha value is -2.79. The SMILES string of the molecule is CC(=O)C1(O)CCc2cc3c(c(O)c2C1)C(=O)c1ccccc1C3=O. The molecule has 2 N–H and O–H groups in total. The van der Waals surface area contributed by atoms with Gasteiger partial charge in [0, 0.05) is 28.7 Å². The van der Waals surface area contributed by atoms with Crippen LogP contribution >= 0.6 is 0 Å². The Balaban J connectivity index is 1.93. The highest BCUT2D eigenvalue weighted by molar-refractivity contribution is 6.29. The second kappa shape index (κ2) is 5.10. The Morgan fingerprint density at radius 1 is 1.08 bits per heavy atom. The summed E-state index contributed by atoms with van der Waals surface area (Å²) in [6.45, 7) is 1.31. The number of hydrogen-bond acceptors (Lipinski definition) is 5. The summed E-state index contributed by atoms with van der Waals surface area (Å²) < 4.78 is 0. The molecule has 2 aromatic rings. The van der Waals surface area contributed by atoms with Gasteiger partial charge in [0.05, 0.1) is 5.56 Å². The van der Waals surface area contributed by atoms with Crippen molar-refractivity contribution < 1.29 is 24.6 Å². The zero-order chi connectivity index (χ0) is 17.9. The average Bonchev–Trinajstić information content (AvgIpc) is 2.60. The van der Waals surface area contributed by atoms with Crippen molar-refractivity contribution in [1.29, 1.82) is 0 Å². The molecule has 25 heavy (non-hydrogen) atoms. The summed E-state index contributed by atoms with van der Waals surface area (Å²) in [5, 5.41) is 21.2. The fraction of sp³-hybridized carbons (Fsp3) is 0.250. The van der Waals surface area contributed by atoms with E-state index in [4.69, 9.17) is 0 Å². The molecule has 126 valence electrons. The van der Waals surface area contributed by atoms with Gasteiger partial charge in [-0.1, -0.05) is 24.3 Å². The average molecular weight is 336 g/mol. The third-order valence-corrected chi connectivity index (χ3v) is 5.32. The first-order chi connectivity index (χ1) is 11.8. The maximum atomic E-state index is 12.8. The highest BCUT2D eigenvalue weighted by Gasteiger charge is 2.41. The molecule has 1 unspecified atom stereocenters. The minimum absolute atomic E-state index is 0.0322. The summed E-state index contributed by atoms with van der Waals surface area (Å²) in [5.74, 6) is -1.37. The first-order valence-electron chi connectivity index (χ1n) is 8.13. The molecule has 0 heterocycles. The molecule has 0 amide bonds. The van der Waals surface area contributed by atoms with E-state index < -0.39 is 11.4 Å². The van der Waals surface area contributed by atoms with Crippen molar-refractivity contribution in [1.82, 2.24) is 0 Å². The smallest absolute Gasteiger partial charge is 0.198 e. The number of Topliss-reactive ketones (excluding diaryl/α,β-unsaturated/α-hetero) is 1. The van der Waals surface area contributed by atoms with Gasteiger partial charge < -0.3 is 10.2 Å². The quantitative estimate of drug-likeness (QED) is 0.709. The van der Waals surface area contributed by atoms with E-state index in [1.54, 1.807) is 30.3 Å². The molecule has 0 spiro atoms. The predicted molar refractivity (Wildman–Crippen MR) is 89.1 cm³/mol. The molecule has 0 fully saturated rings. The molecule has 0 aromatic heterocycles. The van der Waals surface area contributed by atoms with Gasteiger partial charge in [0.2, 0.25) is 0 Å². The summed E-state index contributed by atoms with van der Waals surface area (Å²) in [6.07, 6.45) is 0.529. The van der Waals surface area contributed by atoms with E-state index in [0.29, 0.717) is 23.1 Å². The molecular formula is C20H16O5. The van der Waals surface area contributed by atoms with Crippen LogP contribution in [0.5, 0.6) is 5.75 Å². The number of rotatable bonds is 1. The molecule has 4 rings (SSSR count). The van der Waals surface area contributed by atoms with Gasteiger partial charge in [-0.05, 0) is 31.4 Å². The number of carbonyl (C=O) groups excluding carboxylic acids is 3. The molecule has 0 saturated carbocycles. The van der Waals surface area contributed by atoms with Crippen LogP contribution in [0.15, 0.2) is 30.3 Å². The molecule has 0 radical (unpaired) electrons. The summed E-state index contributed by atoms with van der Waals surface area (Å²) in [6, 6.07) is 8.15. The third-order valence-electron chi connectivity index (χ3n) is 5.32. The molecule has 5 heteroatoms. The molecule has 5 nitrogen and oxygen atoms in total. The molecule has 2 aromatic carbocycles. The first-order valence-corrected chi connectivity index (χ1v) is 8.13. The lowest BCUT2D eigenvalue weighted by Crippen LogP contribution is -2.42. The highest BCUT2D eigenvalue weighted by Crippen LogP contribution is 2.41. The van der Waals surface area contributed by atoms with Crippen molar-refractivity contribution in [2.45, 2.75) is 31.8 Å². The summed E-state index contributed by atoms with van der Waals surface area (Å²) in [4.78, 5) is 37.3. The number of phenolic OH excluding ortho intramolecular Hbond substituents is 1. The van der Waals surface area contributed by atoms with Crippen LogP contribution in [-0.4, -0.2) is 33.2 Å². The predicted octanol–water partition coefficient (Wildman–Crippen LogP) is 1.98. The van der Waals surface area contributed by atoms with Crippen LogP contribution in [0.3, 0.4) is 0 Å². The molecule has 0 saturated heterocycles. The molecule has 0 aliphatic heterocycles. The molecular weight excluding hydrogens is 320 g/mol. The Bertz CT molecular complexity index is 972. The number of ketones is 3.